The van der Waals surface area contributed by atoms with Gasteiger partial charge in [0.2, 0.25) is 5.91 Å². The molecule has 1 aromatic carbocycles. The molecule has 2 aliphatic heterocycles. The van der Waals surface area contributed by atoms with E-state index in [1.54, 1.807) is 28.8 Å². The number of likely N-dealkylation sites (tertiary alicyclic amines) is 1. The van der Waals surface area contributed by atoms with Crippen molar-refractivity contribution in [2.24, 2.45) is 0 Å². The van der Waals surface area contributed by atoms with Gasteiger partial charge < -0.3 is 15.1 Å². The van der Waals surface area contributed by atoms with Gasteiger partial charge >= 0.3 is 0 Å². The van der Waals surface area contributed by atoms with E-state index < -0.39 is 6.43 Å². The van der Waals surface area contributed by atoms with Gasteiger partial charge in [0, 0.05) is 46.1 Å². The number of allylic oxidation sites excluding steroid dienone is 1. The number of fused-ring (bicyclic) bond motifs is 1. The molecule has 1 amide bonds. The lowest BCUT2D eigenvalue weighted by Crippen LogP contribution is -2.45. The molecule has 166 valence electrons. The van der Waals surface area contributed by atoms with Gasteiger partial charge in [-0.3, -0.25) is 14.5 Å². The number of alkyl halides is 2. The quantitative estimate of drug-likeness (QED) is 0.528. The Kier molecular flexibility index (Phi) is 7.23. The minimum atomic E-state index is -2.36. The summed E-state index contributed by atoms with van der Waals surface area (Å²) in [6, 6.07) is 9.55. The predicted molar refractivity (Wildman–Crippen MR) is 114 cm³/mol. The summed E-state index contributed by atoms with van der Waals surface area (Å²) in [7, 11) is 3.60. The lowest BCUT2D eigenvalue weighted by atomic mass is 10.0. The van der Waals surface area contributed by atoms with E-state index in [1.807, 2.05) is 30.3 Å². The first kappa shape index (κ1) is 22.7. The summed E-state index contributed by atoms with van der Waals surface area (Å²) in [6.45, 7) is 0.782. The van der Waals surface area contributed by atoms with E-state index in [0.717, 1.165) is 11.4 Å². The zero-order valence-electron chi connectivity index (χ0n) is 17.8. The maximum atomic E-state index is 12.8. The van der Waals surface area contributed by atoms with Crippen LogP contribution in [0.5, 0.6) is 0 Å². The average molecular weight is 431 g/mol. The van der Waals surface area contributed by atoms with Gasteiger partial charge in [0.1, 0.15) is 17.5 Å². The van der Waals surface area contributed by atoms with Crippen molar-refractivity contribution in [3.05, 3.63) is 35.7 Å². The van der Waals surface area contributed by atoms with Crippen LogP contribution >= 0.6 is 0 Å². The molecule has 1 N–H and O–H groups in total. The smallest absolute Gasteiger partial charge is 0.251 e. The van der Waals surface area contributed by atoms with Crippen LogP contribution < -0.4 is 15.1 Å². The lowest BCUT2D eigenvalue weighted by molar-refractivity contribution is -0.124. The Morgan fingerprint density at radius 2 is 1.71 bits per heavy atom. The van der Waals surface area contributed by atoms with Gasteiger partial charge in [-0.05, 0) is 25.0 Å². The van der Waals surface area contributed by atoms with Crippen LogP contribution in [0.15, 0.2) is 35.7 Å². The molecule has 0 aromatic heterocycles. The number of hydrogen-bond acceptors (Lipinski definition) is 6. The highest BCUT2D eigenvalue weighted by atomic mass is 19.3. The molecule has 7 nitrogen and oxygen atoms in total. The first-order chi connectivity index (χ1) is 14.8. The van der Waals surface area contributed by atoms with E-state index in [4.69, 9.17) is 0 Å². The summed E-state index contributed by atoms with van der Waals surface area (Å²) >= 11 is 0. The Labute approximate surface area is 180 Å². The number of benzene rings is 1. The fraction of sp³-hybridized carbons (Fsp3) is 0.500. The molecule has 0 aliphatic carbocycles. The molecule has 1 aromatic rings. The number of nitriles is 1. The first-order valence-corrected chi connectivity index (χ1v) is 10.4. The number of anilines is 2. The average Bonchev–Trinajstić information content (AvgIpc) is 2.99. The molecule has 0 radical (unpaired) electrons. The summed E-state index contributed by atoms with van der Waals surface area (Å²) in [5.74, 6) is -0.147. The van der Waals surface area contributed by atoms with E-state index in [2.05, 4.69) is 5.32 Å². The van der Waals surface area contributed by atoms with Crippen LogP contribution in [0.25, 0.3) is 0 Å². The summed E-state index contributed by atoms with van der Waals surface area (Å²) < 4.78 is 24.9. The summed E-state index contributed by atoms with van der Waals surface area (Å²) in [4.78, 5) is 30.4. The molecule has 31 heavy (non-hydrogen) atoms. The molecule has 0 saturated carbocycles. The number of piperidine rings is 1. The number of nitrogens with zero attached hydrogens (tertiary/aromatic N) is 4. The van der Waals surface area contributed by atoms with Crippen LogP contribution in [0.3, 0.4) is 0 Å². The Morgan fingerprint density at radius 1 is 1.13 bits per heavy atom. The van der Waals surface area contributed by atoms with Crippen molar-refractivity contribution in [1.82, 2.24) is 10.2 Å². The lowest BCUT2D eigenvalue weighted by Gasteiger charge is -2.32. The summed E-state index contributed by atoms with van der Waals surface area (Å²) in [5, 5.41) is 12.5. The van der Waals surface area contributed by atoms with Crippen LogP contribution in [-0.2, 0) is 9.59 Å². The maximum Gasteiger partial charge on any atom is 0.251 e. The number of ketones is 1. The van der Waals surface area contributed by atoms with Crippen molar-refractivity contribution in [1.29, 1.82) is 5.26 Å². The zero-order valence-corrected chi connectivity index (χ0v) is 17.8. The third kappa shape index (κ3) is 5.20. The number of hydrogen-bond donors (Lipinski definition) is 1. The maximum absolute atomic E-state index is 12.8. The van der Waals surface area contributed by atoms with E-state index >= 15 is 0 Å². The third-order valence-corrected chi connectivity index (χ3v) is 5.78. The molecule has 0 atom stereocenters. The number of halogens is 2. The van der Waals surface area contributed by atoms with Gasteiger partial charge in [-0.25, -0.2) is 8.78 Å². The second-order valence-electron chi connectivity index (χ2n) is 7.87. The first-order valence-electron chi connectivity index (χ1n) is 10.4. The molecule has 2 aliphatic rings. The number of rotatable bonds is 7. The molecule has 2 heterocycles. The number of nitrogens with one attached hydrogen (secondary N) is 1. The predicted octanol–water partition coefficient (Wildman–Crippen LogP) is 2.50. The molecule has 1 saturated heterocycles. The normalized spacial score (nSPS) is 17.0. The molecular formula is C22H27F2N5O2. The second-order valence-corrected chi connectivity index (χ2v) is 7.87. The SMILES string of the molecule is CN1C(=C(C#N)C(=O)CCC(=O)NC2CCN(CC(F)F)CC2)N(C)c2ccccc21. The third-order valence-electron chi connectivity index (χ3n) is 5.78. The van der Waals surface area contributed by atoms with E-state index in [1.165, 1.54) is 0 Å². The van der Waals surface area contributed by atoms with E-state index in [-0.39, 0.29) is 42.7 Å². The molecule has 1 fully saturated rings. The van der Waals surface area contributed by atoms with Crippen molar-refractivity contribution < 1.29 is 18.4 Å². The van der Waals surface area contributed by atoms with Crippen molar-refractivity contribution in [3.63, 3.8) is 0 Å². The van der Waals surface area contributed by atoms with Gasteiger partial charge in [-0.15, -0.1) is 0 Å². The summed E-state index contributed by atoms with van der Waals surface area (Å²) in [6.07, 6.45) is -1.23. The fourth-order valence-corrected chi connectivity index (χ4v) is 4.16. The molecular weight excluding hydrogens is 404 g/mol. The monoisotopic (exact) mass is 431 g/mol. The van der Waals surface area contributed by atoms with Crippen molar-refractivity contribution in [2.45, 2.75) is 38.2 Å². The van der Waals surface area contributed by atoms with Gasteiger partial charge in [0.25, 0.3) is 6.43 Å². The van der Waals surface area contributed by atoms with Crippen LogP contribution in [0.2, 0.25) is 0 Å². The van der Waals surface area contributed by atoms with Gasteiger partial charge in [0.15, 0.2) is 5.78 Å². The van der Waals surface area contributed by atoms with Gasteiger partial charge in [-0.2, -0.15) is 5.26 Å². The van der Waals surface area contributed by atoms with E-state index in [9.17, 15) is 23.6 Å². The second kappa shape index (κ2) is 9.88. The topological polar surface area (TPSA) is 79.7 Å². The standard InChI is InChI=1S/C22H27F2N5O2/c1-27-17-5-3-4-6-18(17)28(2)22(27)16(13-25)19(30)7-8-21(31)26-15-9-11-29(12-10-15)14-20(23)24/h3-6,15,20H,7-12,14H2,1-2H3,(H,26,31). The van der Waals surface area contributed by atoms with Gasteiger partial charge in [0.05, 0.1) is 17.9 Å². The number of carbonyl (C=O) groups is 2. The van der Waals surface area contributed by atoms with Crippen molar-refractivity contribution >= 4 is 23.1 Å². The number of amides is 1. The highest BCUT2D eigenvalue weighted by Gasteiger charge is 2.31. The molecule has 9 heteroatoms. The van der Waals surface area contributed by atoms with Gasteiger partial charge in [-0.1, -0.05) is 12.1 Å². The molecule has 0 spiro atoms. The Bertz CT molecular complexity index is 872. The number of Topliss-reactive ketones (excluding diaryl/α,β-unsaturated/α-hetero) is 1. The van der Waals surface area contributed by atoms with Crippen molar-refractivity contribution in [2.75, 3.05) is 43.5 Å². The van der Waals surface area contributed by atoms with Crippen LogP contribution in [0.4, 0.5) is 20.2 Å². The highest BCUT2D eigenvalue weighted by Crippen LogP contribution is 2.40. The minimum absolute atomic E-state index is 0.0189. The number of carbonyl (C=O) groups excluding carboxylic acids is 2. The fourth-order valence-electron chi connectivity index (χ4n) is 4.16. The Balaban J connectivity index is 1.55. The van der Waals surface area contributed by atoms with Crippen LogP contribution in [-0.4, -0.2) is 62.8 Å². The molecule has 0 unspecified atom stereocenters. The number of para-hydroxylation sites is 2. The van der Waals surface area contributed by atoms with E-state index in [0.29, 0.717) is 31.8 Å². The highest BCUT2D eigenvalue weighted by molar-refractivity contribution is 6.03. The Morgan fingerprint density at radius 3 is 2.23 bits per heavy atom. The summed E-state index contributed by atoms with van der Waals surface area (Å²) in [5.41, 5.74) is 1.82. The van der Waals surface area contributed by atoms with Crippen LogP contribution in [0, 0.1) is 11.3 Å². The molecule has 0 bridgehead atoms. The minimum Gasteiger partial charge on any atom is -0.353 e. The zero-order chi connectivity index (χ0) is 22.5. The van der Waals surface area contributed by atoms with Crippen LogP contribution in [0.1, 0.15) is 25.7 Å². The Hall–Kier alpha value is -2.99. The van der Waals surface area contributed by atoms with Crippen molar-refractivity contribution in [3.8, 4) is 6.07 Å². The largest absolute Gasteiger partial charge is 0.353 e. The molecule has 3 rings (SSSR count).